The van der Waals surface area contributed by atoms with Gasteiger partial charge in [0.1, 0.15) is 0 Å². The molecule has 0 radical (unpaired) electrons. The minimum atomic E-state index is -1.27. The first-order valence-electron chi connectivity index (χ1n) is 5.77. The largest absolute Gasteiger partial charge is 0.396 e. The molecule has 0 spiro atoms. The molecule has 88 valence electrons. The van der Waals surface area contributed by atoms with Crippen molar-refractivity contribution in [1.29, 1.82) is 0 Å². The third-order valence-electron chi connectivity index (χ3n) is 3.34. The van der Waals surface area contributed by atoms with E-state index in [9.17, 15) is 10.2 Å². The summed E-state index contributed by atoms with van der Waals surface area (Å²) in [4.78, 5) is 0. The van der Waals surface area contributed by atoms with Gasteiger partial charge in [-0.05, 0) is 12.8 Å². The Hall–Kier alpha value is -0.123. The predicted octanol–water partition coefficient (Wildman–Crippen LogP) is 2.19. The first kappa shape index (κ1) is 12.9. The maximum atomic E-state index is 9.50. The predicted molar refractivity (Wildman–Crippen MR) is 66.4 cm³/mol. The second-order valence-corrected chi connectivity index (χ2v) is 11.1. The Balaban J connectivity index is 3.02. The molecule has 1 saturated carbocycles. The van der Waals surface area contributed by atoms with Crippen molar-refractivity contribution in [3.8, 4) is 0 Å². The molecular formula is C12H24O2Si. The molecule has 15 heavy (non-hydrogen) atoms. The molecule has 0 aromatic rings. The molecular weight excluding hydrogens is 204 g/mol. The summed E-state index contributed by atoms with van der Waals surface area (Å²) in [6.45, 7) is 9.44. The van der Waals surface area contributed by atoms with Crippen LogP contribution in [0.1, 0.15) is 19.8 Å². The SMILES string of the molecule is C[C@]1(CO)CC[C@@H](CO)/C1=C\[Si](C)(C)C. The lowest BCUT2D eigenvalue weighted by atomic mass is 9.84. The van der Waals surface area contributed by atoms with Crippen molar-refractivity contribution >= 4 is 8.07 Å². The normalized spacial score (nSPS) is 35.1. The summed E-state index contributed by atoms with van der Waals surface area (Å²) in [7, 11) is -1.27. The van der Waals surface area contributed by atoms with Crippen molar-refractivity contribution in [3.63, 3.8) is 0 Å². The Morgan fingerprint density at radius 2 is 2.00 bits per heavy atom. The number of aliphatic hydroxyl groups is 2. The van der Waals surface area contributed by atoms with Gasteiger partial charge in [0, 0.05) is 17.9 Å². The second-order valence-electron chi connectivity index (χ2n) is 6.10. The van der Waals surface area contributed by atoms with Gasteiger partial charge in [0.15, 0.2) is 0 Å². The molecule has 0 heterocycles. The molecule has 1 aliphatic rings. The van der Waals surface area contributed by atoms with E-state index in [1.807, 2.05) is 0 Å². The summed E-state index contributed by atoms with van der Waals surface area (Å²) in [6, 6.07) is 0. The van der Waals surface area contributed by atoms with E-state index in [0.717, 1.165) is 12.8 Å². The van der Waals surface area contributed by atoms with E-state index < -0.39 is 8.07 Å². The summed E-state index contributed by atoms with van der Waals surface area (Å²) in [5.74, 6) is 0.286. The van der Waals surface area contributed by atoms with Crippen LogP contribution in [0.2, 0.25) is 19.6 Å². The van der Waals surface area contributed by atoms with Crippen LogP contribution < -0.4 is 0 Å². The molecule has 2 N–H and O–H groups in total. The molecule has 1 rings (SSSR count). The topological polar surface area (TPSA) is 40.5 Å². The van der Waals surface area contributed by atoms with Crippen molar-refractivity contribution < 1.29 is 10.2 Å². The number of aliphatic hydroxyl groups excluding tert-OH is 2. The summed E-state index contributed by atoms with van der Waals surface area (Å²) in [5, 5.41) is 18.9. The van der Waals surface area contributed by atoms with Gasteiger partial charge in [-0.2, -0.15) is 0 Å². The first-order valence-corrected chi connectivity index (χ1v) is 9.35. The average Bonchev–Trinajstić information content (AvgIpc) is 2.43. The summed E-state index contributed by atoms with van der Waals surface area (Å²) in [5.41, 5.74) is 3.61. The van der Waals surface area contributed by atoms with Crippen molar-refractivity contribution in [2.24, 2.45) is 11.3 Å². The molecule has 0 aromatic carbocycles. The lowest BCUT2D eigenvalue weighted by Crippen LogP contribution is -2.26. The van der Waals surface area contributed by atoms with Crippen LogP contribution in [0.4, 0.5) is 0 Å². The van der Waals surface area contributed by atoms with Gasteiger partial charge in [0.2, 0.25) is 0 Å². The molecule has 0 unspecified atom stereocenters. The van der Waals surface area contributed by atoms with Gasteiger partial charge in [-0.25, -0.2) is 0 Å². The molecule has 1 aliphatic carbocycles. The highest BCUT2D eigenvalue weighted by atomic mass is 28.3. The lowest BCUT2D eigenvalue weighted by Gasteiger charge is -2.27. The van der Waals surface area contributed by atoms with Gasteiger partial charge in [0.25, 0.3) is 0 Å². The van der Waals surface area contributed by atoms with Crippen molar-refractivity contribution in [2.45, 2.75) is 39.4 Å². The highest BCUT2D eigenvalue weighted by molar-refractivity contribution is 6.81. The van der Waals surface area contributed by atoms with Crippen LogP contribution in [0.15, 0.2) is 11.3 Å². The van der Waals surface area contributed by atoms with Crippen molar-refractivity contribution in [3.05, 3.63) is 11.3 Å². The number of rotatable bonds is 3. The fourth-order valence-corrected chi connectivity index (χ4v) is 3.92. The van der Waals surface area contributed by atoms with Gasteiger partial charge in [-0.1, -0.05) is 37.8 Å². The zero-order chi connectivity index (χ0) is 11.7. The zero-order valence-electron chi connectivity index (χ0n) is 10.4. The van der Waals surface area contributed by atoms with E-state index in [-0.39, 0.29) is 24.5 Å². The first-order chi connectivity index (χ1) is 6.82. The molecule has 0 amide bonds. The van der Waals surface area contributed by atoms with E-state index in [1.165, 1.54) is 5.57 Å². The number of hydrogen-bond acceptors (Lipinski definition) is 2. The molecule has 0 aliphatic heterocycles. The average molecular weight is 228 g/mol. The molecule has 0 aromatic heterocycles. The van der Waals surface area contributed by atoms with E-state index in [0.29, 0.717) is 0 Å². The van der Waals surface area contributed by atoms with Crippen LogP contribution in [0.25, 0.3) is 0 Å². The summed E-state index contributed by atoms with van der Waals surface area (Å²) in [6.07, 6.45) is 2.02. The van der Waals surface area contributed by atoms with Crippen molar-refractivity contribution in [1.82, 2.24) is 0 Å². The van der Waals surface area contributed by atoms with Crippen LogP contribution >= 0.6 is 0 Å². The van der Waals surface area contributed by atoms with Crippen LogP contribution in [0.3, 0.4) is 0 Å². The van der Waals surface area contributed by atoms with Crippen LogP contribution in [0, 0.1) is 11.3 Å². The summed E-state index contributed by atoms with van der Waals surface area (Å²) < 4.78 is 0. The monoisotopic (exact) mass is 228 g/mol. The Labute approximate surface area is 94.0 Å². The quantitative estimate of drug-likeness (QED) is 0.727. The fraction of sp³-hybridized carbons (Fsp3) is 0.833. The Bertz CT molecular complexity index is 255. The van der Waals surface area contributed by atoms with E-state index >= 15 is 0 Å². The van der Waals surface area contributed by atoms with Gasteiger partial charge in [-0.3, -0.25) is 0 Å². The molecule has 3 heteroatoms. The molecule has 0 bridgehead atoms. The smallest absolute Gasteiger partial charge is 0.0686 e. The van der Waals surface area contributed by atoms with Gasteiger partial charge in [-0.15, -0.1) is 0 Å². The van der Waals surface area contributed by atoms with Gasteiger partial charge < -0.3 is 10.2 Å². The minimum Gasteiger partial charge on any atom is -0.396 e. The standard InChI is InChI=1S/C12H24O2Si/c1-12(9-14)6-5-10(7-13)11(12)8-15(2,3)4/h8,10,13-14H,5-7,9H2,1-4H3/b11-8+/t10-,12+/m0/s1. The Morgan fingerprint density at radius 3 is 2.40 bits per heavy atom. The second kappa shape index (κ2) is 4.40. The Kier molecular flexibility index (Phi) is 3.79. The minimum absolute atomic E-state index is 0.0757. The highest BCUT2D eigenvalue weighted by Gasteiger charge is 2.39. The lowest BCUT2D eigenvalue weighted by molar-refractivity contribution is 0.177. The third-order valence-corrected chi connectivity index (χ3v) is 4.52. The van der Waals surface area contributed by atoms with E-state index in [2.05, 4.69) is 32.3 Å². The molecule has 2 atom stereocenters. The maximum Gasteiger partial charge on any atom is 0.0686 e. The van der Waals surface area contributed by atoms with Crippen LogP contribution in [-0.4, -0.2) is 31.5 Å². The highest BCUT2D eigenvalue weighted by Crippen LogP contribution is 2.46. The number of hydrogen-bond donors (Lipinski definition) is 2. The van der Waals surface area contributed by atoms with Crippen LogP contribution in [0.5, 0.6) is 0 Å². The molecule has 0 saturated heterocycles. The van der Waals surface area contributed by atoms with Crippen LogP contribution in [-0.2, 0) is 0 Å². The summed E-state index contributed by atoms with van der Waals surface area (Å²) >= 11 is 0. The van der Waals surface area contributed by atoms with Gasteiger partial charge in [0.05, 0.1) is 14.7 Å². The molecule has 2 nitrogen and oxygen atoms in total. The zero-order valence-corrected chi connectivity index (χ0v) is 11.4. The van der Waals surface area contributed by atoms with Crippen molar-refractivity contribution in [2.75, 3.05) is 13.2 Å². The van der Waals surface area contributed by atoms with Gasteiger partial charge >= 0.3 is 0 Å². The molecule has 1 fully saturated rings. The fourth-order valence-electron chi connectivity index (χ4n) is 2.40. The Morgan fingerprint density at radius 1 is 1.40 bits per heavy atom. The third kappa shape index (κ3) is 2.92. The maximum absolute atomic E-state index is 9.50. The van der Waals surface area contributed by atoms with E-state index in [4.69, 9.17) is 0 Å². The van der Waals surface area contributed by atoms with E-state index in [1.54, 1.807) is 0 Å².